The van der Waals surface area contributed by atoms with E-state index in [0.29, 0.717) is 62.3 Å². The highest BCUT2D eigenvalue weighted by molar-refractivity contribution is 7.99. The molecule has 0 bridgehead atoms. The van der Waals surface area contributed by atoms with Crippen LogP contribution >= 0.6 is 11.8 Å². The Kier molecular flexibility index (Phi) is 15.4. The van der Waals surface area contributed by atoms with Gasteiger partial charge in [-0.15, -0.1) is 5.10 Å². The Labute approximate surface area is 239 Å². The molecular formula is C25H44N4O7SSi2. The molecule has 0 aliphatic carbocycles. The van der Waals surface area contributed by atoms with E-state index in [0.717, 1.165) is 17.7 Å². The number of amides is 1. The van der Waals surface area contributed by atoms with Crippen LogP contribution in [0.3, 0.4) is 0 Å². The summed E-state index contributed by atoms with van der Waals surface area (Å²) in [4.78, 5) is 17.8. The molecule has 39 heavy (non-hydrogen) atoms. The minimum Gasteiger partial charge on any atom is -0.377 e. The Bertz CT molecular complexity index is 942. The zero-order valence-electron chi connectivity index (χ0n) is 24.1. The van der Waals surface area contributed by atoms with E-state index in [1.807, 2.05) is 51.1 Å². The van der Waals surface area contributed by atoms with Crippen LogP contribution in [-0.4, -0.2) is 91.9 Å². The third-order valence-corrected chi connectivity index (χ3v) is 12.8. The summed E-state index contributed by atoms with van der Waals surface area (Å²) in [7, 11) is -0.650. The third kappa shape index (κ3) is 10.7. The first-order valence-electron chi connectivity index (χ1n) is 13.4. The Morgan fingerprint density at radius 3 is 2.05 bits per heavy atom. The predicted molar refractivity (Wildman–Crippen MR) is 155 cm³/mol. The lowest BCUT2D eigenvalue weighted by molar-refractivity contribution is 0.0712. The summed E-state index contributed by atoms with van der Waals surface area (Å²) in [6, 6.07) is 10.9. The van der Waals surface area contributed by atoms with Crippen LogP contribution in [0, 0.1) is 0 Å². The van der Waals surface area contributed by atoms with Crippen LogP contribution in [0.1, 0.15) is 45.0 Å². The first kappa shape index (κ1) is 33.6. The molecule has 220 valence electrons. The van der Waals surface area contributed by atoms with Crippen LogP contribution in [0.15, 0.2) is 35.5 Å². The lowest BCUT2D eigenvalue weighted by Crippen LogP contribution is -2.46. The van der Waals surface area contributed by atoms with Crippen molar-refractivity contribution in [3.63, 3.8) is 0 Å². The fourth-order valence-corrected chi connectivity index (χ4v) is 9.40. The molecule has 0 atom stereocenters. The average Bonchev–Trinajstić information content (AvgIpc) is 3.35. The average molecular weight is 601 g/mol. The van der Waals surface area contributed by atoms with Gasteiger partial charge in [-0.2, -0.15) is 4.68 Å². The van der Waals surface area contributed by atoms with Crippen molar-refractivity contribution in [2.45, 2.75) is 57.3 Å². The van der Waals surface area contributed by atoms with Gasteiger partial charge in [0.1, 0.15) is 5.82 Å². The minimum atomic E-state index is -2.70. The molecule has 0 saturated heterocycles. The summed E-state index contributed by atoms with van der Waals surface area (Å²) < 4.78 is 35.6. The summed E-state index contributed by atoms with van der Waals surface area (Å²) in [5.74, 6) is 1.33. The summed E-state index contributed by atoms with van der Waals surface area (Å²) in [5, 5.41) is 8.02. The maximum Gasteiger partial charge on any atom is 0.500 e. The quantitative estimate of drug-likeness (QED) is 0.135. The third-order valence-electron chi connectivity index (χ3n) is 5.87. The Morgan fingerprint density at radius 2 is 1.49 bits per heavy atom. The molecule has 11 nitrogen and oxygen atoms in total. The van der Waals surface area contributed by atoms with Gasteiger partial charge in [0, 0.05) is 72.0 Å². The first-order chi connectivity index (χ1) is 18.9. The van der Waals surface area contributed by atoms with Gasteiger partial charge in [0.2, 0.25) is 5.16 Å². The number of hydrogen-bond donors (Lipinski definition) is 1. The molecule has 0 spiro atoms. The molecule has 1 N–H and O–H groups in total. The van der Waals surface area contributed by atoms with Crippen LogP contribution in [0.2, 0.25) is 12.1 Å². The van der Waals surface area contributed by atoms with E-state index < -0.39 is 17.6 Å². The second-order valence-corrected chi connectivity index (χ2v) is 15.3. The topological polar surface area (TPSA) is 115 Å². The van der Waals surface area contributed by atoms with Crippen molar-refractivity contribution < 1.29 is 31.4 Å². The summed E-state index contributed by atoms with van der Waals surface area (Å²) in [6.07, 6.45) is 1.95. The van der Waals surface area contributed by atoms with Gasteiger partial charge in [0.05, 0.1) is 0 Å². The number of rotatable bonds is 20. The fraction of sp³-hybridized carbons (Fsp3) is 0.640. The van der Waals surface area contributed by atoms with Gasteiger partial charge in [-0.05, 0) is 39.2 Å². The van der Waals surface area contributed by atoms with Gasteiger partial charge in [-0.3, -0.25) is 0 Å². The molecule has 1 amide bonds. The fourth-order valence-electron chi connectivity index (χ4n) is 4.02. The van der Waals surface area contributed by atoms with Crippen molar-refractivity contribution in [3.8, 4) is 0 Å². The van der Waals surface area contributed by atoms with Gasteiger partial charge in [-0.25, -0.2) is 9.78 Å². The standard InChI is InChI=1S/C25H44N4O7SSi2/c1-7-34-39(35-8-2,36-9-3)20-14-18-37-24-27-23(21-22-15-11-10-12-16-22)29(28-24)25(30)26-17-13-19-38(31-4,32-5)33-6/h10-12,15-16H,7-9,13-14,17-21H2,1-6H3,(H,26,30). The van der Waals surface area contributed by atoms with E-state index in [1.54, 1.807) is 21.3 Å². The molecule has 14 heteroatoms. The Balaban J connectivity index is 2.05. The van der Waals surface area contributed by atoms with Crippen molar-refractivity contribution in [3.05, 3.63) is 41.7 Å². The van der Waals surface area contributed by atoms with Crippen LogP contribution in [0.5, 0.6) is 0 Å². The first-order valence-corrected chi connectivity index (χ1v) is 18.2. The Hall–Kier alpha value is -1.63. The van der Waals surface area contributed by atoms with Crippen molar-refractivity contribution >= 4 is 35.4 Å². The zero-order chi connectivity index (χ0) is 28.6. The largest absolute Gasteiger partial charge is 0.500 e. The molecule has 1 aromatic heterocycles. The maximum atomic E-state index is 13.1. The van der Waals surface area contributed by atoms with Crippen molar-refractivity contribution in [2.24, 2.45) is 0 Å². The molecule has 1 aromatic carbocycles. The van der Waals surface area contributed by atoms with Gasteiger partial charge < -0.3 is 31.9 Å². The lowest BCUT2D eigenvalue weighted by Gasteiger charge is -2.28. The molecule has 0 saturated carbocycles. The van der Waals surface area contributed by atoms with E-state index >= 15 is 0 Å². The highest BCUT2D eigenvalue weighted by Gasteiger charge is 2.39. The van der Waals surface area contributed by atoms with E-state index in [1.165, 1.54) is 16.4 Å². The van der Waals surface area contributed by atoms with Crippen LogP contribution < -0.4 is 5.32 Å². The van der Waals surface area contributed by atoms with Crippen LogP contribution in [0.4, 0.5) is 4.79 Å². The number of aromatic nitrogens is 3. The second-order valence-electron chi connectivity index (χ2n) is 8.45. The van der Waals surface area contributed by atoms with Gasteiger partial charge in [0.25, 0.3) is 0 Å². The maximum absolute atomic E-state index is 13.1. The number of nitrogens with zero attached hydrogens (tertiary/aromatic N) is 3. The van der Waals surface area contributed by atoms with E-state index in [2.05, 4.69) is 10.4 Å². The van der Waals surface area contributed by atoms with Crippen molar-refractivity contribution in [2.75, 3.05) is 53.4 Å². The number of carbonyl (C=O) groups excluding carboxylic acids is 1. The summed E-state index contributed by atoms with van der Waals surface area (Å²) >= 11 is 1.51. The van der Waals surface area contributed by atoms with E-state index in [-0.39, 0.29) is 6.03 Å². The number of benzene rings is 1. The normalized spacial score (nSPS) is 12.2. The molecule has 0 aliphatic rings. The van der Waals surface area contributed by atoms with Gasteiger partial charge in [0.15, 0.2) is 0 Å². The molecule has 0 unspecified atom stereocenters. The second kappa shape index (κ2) is 17.9. The van der Waals surface area contributed by atoms with E-state index in [9.17, 15) is 4.79 Å². The van der Waals surface area contributed by atoms with Crippen molar-refractivity contribution in [1.82, 2.24) is 20.1 Å². The summed E-state index contributed by atoms with van der Waals surface area (Å²) in [6.45, 7) is 7.94. The highest BCUT2D eigenvalue weighted by atomic mass is 32.2. The predicted octanol–water partition coefficient (Wildman–Crippen LogP) is 4.23. The smallest absolute Gasteiger partial charge is 0.377 e. The monoisotopic (exact) mass is 600 g/mol. The number of hydrogen-bond acceptors (Lipinski definition) is 10. The minimum absolute atomic E-state index is 0.324. The highest BCUT2D eigenvalue weighted by Crippen LogP contribution is 2.23. The number of carbonyl (C=O) groups is 1. The van der Waals surface area contributed by atoms with Gasteiger partial charge in [-0.1, -0.05) is 42.1 Å². The molecule has 0 radical (unpaired) electrons. The molecule has 2 aromatic rings. The van der Waals surface area contributed by atoms with Crippen LogP contribution in [0.25, 0.3) is 0 Å². The van der Waals surface area contributed by atoms with Crippen molar-refractivity contribution in [1.29, 1.82) is 0 Å². The molecule has 0 aliphatic heterocycles. The molecule has 0 fully saturated rings. The molecular weight excluding hydrogens is 557 g/mol. The Morgan fingerprint density at radius 1 is 0.897 bits per heavy atom. The van der Waals surface area contributed by atoms with Gasteiger partial charge >= 0.3 is 23.6 Å². The molecule has 1 heterocycles. The van der Waals surface area contributed by atoms with E-state index in [4.69, 9.17) is 31.5 Å². The summed E-state index contributed by atoms with van der Waals surface area (Å²) in [5.41, 5.74) is 1.05. The van der Waals surface area contributed by atoms with Crippen LogP contribution in [-0.2, 0) is 33.0 Å². The number of thioether (sulfide) groups is 1. The molecule has 2 rings (SSSR count). The zero-order valence-corrected chi connectivity index (χ0v) is 26.9. The lowest BCUT2D eigenvalue weighted by atomic mass is 10.1. The SMILES string of the molecule is CCO[Si](CCCSc1nc(Cc2ccccc2)n(C(=O)NCCC[Si](OC)(OC)OC)n1)(OCC)OCC. The number of nitrogens with one attached hydrogen (secondary N) is 1.